The molecule has 4 heterocycles. The largest absolute Gasteiger partial charge is 0.473 e. The van der Waals surface area contributed by atoms with E-state index >= 15 is 0 Å². The lowest BCUT2D eigenvalue weighted by Crippen LogP contribution is -2.27. The van der Waals surface area contributed by atoms with Gasteiger partial charge < -0.3 is 10.1 Å². The summed E-state index contributed by atoms with van der Waals surface area (Å²) in [6.45, 7) is 0. The number of anilines is 1. The molecule has 1 saturated carbocycles. The van der Waals surface area contributed by atoms with Crippen LogP contribution in [0, 0.1) is 0 Å². The van der Waals surface area contributed by atoms with Crippen molar-refractivity contribution in [3.05, 3.63) is 47.0 Å². The molecule has 1 fully saturated rings. The molecule has 0 unspecified atom stereocenters. The predicted molar refractivity (Wildman–Crippen MR) is 121 cm³/mol. The third-order valence-electron chi connectivity index (χ3n) is 6.02. The fraction of sp³-hybridized carbons (Fsp3) is 0.409. The normalized spacial score (nSPS) is 18.7. The molecule has 166 valence electrons. The summed E-state index contributed by atoms with van der Waals surface area (Å²) in [6, 6.07) is 7.40. The molecule has 0 aromatic carbocycles. The fourth-order valence-corrected chi connectivity index (χ4v) is 4.30. The molecule has 0 bridgehead atoms. The summed E-state index contributed by atoms with van der Waals surface area (Å²) < 4.78 is 11.2. The molecular formula is C22H26N8O2. The number of nitrogens with one attached hydrogen (secondary N) is 1. The molecule has 0 saturated heterocycles. The van der Waals surface area contributed by atoms with Crippen LogP contribution in [0.5, 0.6) is 5.88 Å². The Morgan fingerprint density at radius 2 is 1.88 bits per heavy atom. The Balaban J connectivity index is 1.40. The average Bonchev–Trinajstić information content (AvgIpc) is 3.40. The number of hydrogen-bond donors (Lipinski definition) is 1. The molecule has 0 atom stereocenters. The van der Waals surface area contributed by atoms with Crippen LogP contribution in [-0.2, 0) is 14.1 Å². The average molecular weight is 435 g/mol. The summed E-state index contributed by atoms with van der Waals surface area (Å²) in [4.78, 5) is 16.0. The Morgan fingerprint density at radius 1 is 1.06 bits per heavy atom. The second-order valence-electron chi connectivity index (χ2n) is 8.19. The smallest absolute Gasteiger partial charge is 0.266 e. The van der Waals surface area contributed by atoms with Crippen molar-refractivity contribution >= 4 is 16.7 Å². The number of aryl methyl sites for hydroxylation is 2. The standard InChI is InChI=1S/C22H26N8O2/c1-23-19-12-18-16(13-24-19)22(17-10-11-28(2)25-17)27-30(18)14-4-6-15(7-5-14)32-20-8-9-21(31)29(3)26-20/h8-15H,4-7H2,1-3H3,(H,23,24)/t14-,15+. The monoisotopic (exact) mass is 434 g/mol. The van der Waals surface area contributed by atoms with E-state index in [1.165, 1.54) is 10.7 Å². The van der Waals surface area contributed by atoms with Gasteiger partial charge in [-0.1, -0.05) is 0 Å². The Morgan fingerprint density at radius 3 is 2.56 bits per heavy atom. The molecule has 0 aliphatic heterocycles. The molecular weight excluding hydrogens is 408 g/mol. The topological polar surface area (TPSA) is 105 Å². The lowest BCUT2D eigenvalue weighted by atomic mass is 9.93. The molecule has 1 N–H and O–H groups in total. The Kier molecular flexibility index (Phi) is 5.12. The van der Waals surface area contributed by atoms with E-state index in [9.17, 15) is 4.79 Å². The van der Waals surface area contributed by atoms with Gasteiger partial charge in [-0.25, -0.2) is 9.67 Å². The van der Waals surface area contributed by atoms with E-state index in [-0.39, 0.29) is 17.7 Å². The zero-order chi connectivity index (χ0) is 22.2. The first-order valence-electron chi connectivity index (χ1n) is 10.8. The van der Waals surface area contributed by atoms with Crippen LogP contribution in [0.1, 0.15) is 31.7 Å². The van der Waals surface area contributed by atoms with Crippen LogP contribution >= 0.6 is 0 Å². The quantitative estimate of drug-likeness (QED) is 0.515. The van der Waals surface area contributed by atoms with Gasteiger partial charge in [-0.2, -0.15) is 10.2 Å². The van der Waals surface area contributed by atoms with Crippen molar-refractivity contribution in [2.45, 2.75) is 37.8 Å². The van der Waals surface area contributed by atoms with Gasteiger partial charge in [-0.15, -0.1) is 5.10 Å². The van der Waals surface area contributed by atoms with Gasteiger partial charge >= 0.3 is 0 Å². The molecule has 5 rings (SSSR count). The van der Waals surface area contributed by atoms with Gasteiger partial charge in [-0.3, -0.25) is 14.2 Å². The highest BCUT2D eigenvalue weighted by molar-refractivity contribution is 5.93. The summed E-state index contributed by atoms with van der Waals surface area (Å²) in [5.41, 5.74) is 2.59. The first-order valence-corrected chi connectivity index (χ1v) is 10.8. The van der Waals surface area contributed by atoms with Crippen LogP contribution in [0.4, 0.5) is 5.82 Å². The van der Waals surface area contributed by atoms with Crippen LogP contribution in [0.2, 0.25) is 0 Å². The maximum atomic E-state index is 11.5. The molecule has 4 aromatic rings. The number of aromatic nitrogens is 7. The Labute approximate surface area is 184 Å². The number of nitrogens with zero attached hydrogens (tertiary/aromatic N) is 7. The molecule has 32 heavy (non-hydrogen) atoms. The van der Waals surface area contributed by atoms with E-state index in [0.717, 1.165) is 53.8 Å². The molecule has 10 nitrogen and oxygen atoms in total. The SMILES string of the molecule is CNc1cc2c(cn1)c(-c1ccn(C)n1)nn2[C@H]1CC[C@@H](Oc2ccc(=O)n(C)n2)CC1. The molecule has 0 amide bonds. The highest BCUT2D eigenvalue weighted by atomic mass is 16.5. The number of pyridine rings is 1. The van der Waals surface area contributed by atoms with Gasteiger partial charge in [0.05, 0.1) is 11.6 Å². The third kappa shape index (κ3) is 3.72. The molecule has 1 aliphatic carbocycles. The highest BCUT2D eigenvalue weighted by Crippen LogP contribution is 2.35. The maximum absolute atomic E-state index is 11.5. The van der Waals surface area contributed by atoms with E-state index in [2.05, 4.69) is 25.2 Å². The van der Waals surface area contributed by atoms with Gasteiger partial charge in [0, 0.05) is 57.1 Å². The number of fused-ring (bicyclic) bond motifs is 1. The first-order chi connectivity index (χ1) is 15.5. The summed E-state index contributed by atoms with van der Waals surface area (Å²) in [6.07, 6.45) is 7.51. The molecule has 4 aromatic heterocycles. The van der Waals surface area contributed by atoms with Crippen LogP contribution in [-0.4, -0.2) is 47.5 Å². The van der Waals surface area contributed by atoms with Gasteiger partial charge in [-0.05, 0) is 31.7 Å². The number of ether oxygens (including phenoxy) is 1. The zero-order valence-corrected chi connectivity index (χ0v) is 18.4. The van der Waals surface area contributed by atoms with E-state index in [1.54, 1.807) is 17.8 Å². The van der Waals surface area contributed by atoms with E-state index < -0.39 is 0 Å². The second-order valence-corrected chi connectivity index (χ2v) is 8.19. The Bertz CT molecular complexity index is 1310. The van der Waals surface area contributed by atoms with Gasteiger partial charge in [0.2, 0.25) is 5.88 Å². The minimum Gasteiger partial charge on any atom is -0.473 e. The van der Waals surface area contributed by atoms with E-state index in [0.29, 0.717) is 5.88 Å². The maximum Gasteiger partial charge on any atom is 0.266 e. The summed E-state index contributed by atoms with van der Waals surface area (Å²) in [7, 11) is 5.40. The van der Waals surface area contributed by atoms with Gasteiger partial charge in [0.15, 0.2) is 0 Å². The summed E-state index contributed by atoms with van der Waals surface area (Å²) >= 11 is 0. The van der Waals surface area contributed by atoms with Gasteiger partial charge in [0.25, 0.3) is 5.56 Å². The van der Waals surface area contributed by atoms with Crippen molar-refractivity contribution in [3.8, 4) is 17.3 Å². The summed E-state index contributed by atoms with van der Waals surface area (Å²) in [5.74, 6) is 1.30. The lowest BCUT2D eigenvalue weighted by Gasteiger charge is -2.29. The number of rotatable bonds is 5. The predicted octanol–water partition coefficient (Wildman–Crippen LogP) is 2.53. The van der Waals surface area contributed by atoms with Crippen molar-refractivity contribution in [2.75, 3.05) is 12.4 Å². The minimum atomic E-state index is -0.147. The minimum absolute atomic E-state index is 0.0721. The second kappa shape index (κ2) is 8.10. The van der Waals surface area contributed by atoms with Crippen LogP contribution in [0.25, 0.3) is 22.3 Å². The molecule has 1 aliphatic rings. The van der Waals surface area contributed by atoms with Crippen LogP contribution in [0.15, 0.2) is 41.5 Å². The van der Waals surface area contributed by atoms with Crippen LogP contribution < -0.4 is 15.6 Å². The highest BCUT2D eigenvalue weighted by Gasteiger charge is 2.27. The van der Waals surface area contributed by atoms with E-state index in [1.807, 2.05) is 38.6 Å². The zero-order valence-electron chi connectivity index (χ0n) is 18.4. The van der Waals surface area contributed by atoms with Crippen molar-refractivity contribution in [3.63, 3.8) is 0 Å². The van der Waals surface area contributed by atoms with Crippen molar-refractivity contribution in [1.29, 1.82) is 0 Å². The fourth-order valence-electron chi connectivity index (χ4n) is 4.30. The molecule has 10 heteroatoms. The first kappa shape index (κ1) is 20.2. The van der Waals surface area contributed by atoms with Gasteiger partial charge in [0.1, 0.15) is 23.3 Å². The Hall–Kier alpha value is -3.69. The number of hydrogen-bond acceptors (Lipinski definition) is 7. The lowest BCUT2D eigenvalue weighted by molar-refractivity contribution is 0.123. The van der Waals surface area contributed by atoms with E-state index in [4.69, 9.17) is 9.84 Å². The van der Waals surface area contributed by atoms with Crippen molar-refractivity contribution in [2.24, 2.45) is 14.1 Å². The van der Waals surface area contributed by atoms with Crippen molar-refractivity contribution in [1.82, 2.24) is 34.3 Å². The van der Waals surface area contributed by atoms with Crippen LogP contribution in [0.3, 0.4) is 0 Å². The molecule has 0 radical (unpaired) electrons. The third-order valence-corrected chi connectivity index (χ3v) is 6.02. The van der Waals surface area contributed by atoms with Crippen molar-refractivity contribution < 1.29 is 4.74 Å². The summed E-state index contributed by atoms with van der Waals surface area (Å²) in [5, 5.41) is 17.8. The molecule has 0 spiro atoms.